The first kappa shape index (κ1) is 16.0. The van der Waals surface area contributed by atoms with Crippen LogP contribution in [0, 0.1) is 5.92 Å². The van der Waals surface area contributed by atoms with Gasteiger partial charge in [0, 0.05) is 24.7 Å². The van der Waals surface area contributed by atoms with Gasteiger partial charge in [-0.2, -0.15) is 0 Å². The Labute approximate surface area is 128 Å². The summed E-state index contributed by atoms with van der Waals surface area (Å²) in [5, 5.41) is 0.409. The number of rotatable bonds is 5. The molecule has 112 valence electrons. The van der Waals surface area contributed by atoms with Gasteiger partial charge in [-0.05, 0) is 30.0 Å². The van der Waals surface area contributed by atoms with Gasteiger partial charge in [0.25, 0.3) is 0 Å². The van der Waals surface area contributed by atoms with Crippen molar-refractivity contribution in [2.45, 2.75) is 17.9 Å². The van der Waals surface area contributed by atoms with Crippen LogP contribution in [0.3, 0.4) is 0 Å². The number of sulfonamides is 1. The van der Waals surface area contributed by atoms with Crippen molar-refractivity contribution in [1.82, 2.24) is 4.72 Å². The lowest BCUT2D eigenvalue weighted by Crippen LogP contribution is -2.30. The van der Waals surface area contributed by atoms with E-state index in [9.17, 15) is 8.42 Å². The maximum absolute atomic E-state index is 12.3. The molecule has 1 aromatic rings. The largest absolute Gasteiger partial charge is 0.381 e. The second kappa shape index (κ2) is 6.60. The van der Waals surface area contributed by atoms with Gasteiger partial charge in [-0.25, -0.2) is 13.1 Å². The molecule has 1 atom stereocenters. The lowest BCUT2D eigenvalue weighted by atomic mass is 10.1. The molecular weight excluding hydrogens is 323 g/mol. The fourth-order valence-corrected chi connectivity index (χ4v) is 4.07. The summed E-state index contributed by atoms with van der Waals surface area (Å²) in [7, 11) is -3.71. The van der Waals surface area contributed by atoms with E-state index in [1.54, 1.807) is 6.07 Å². The first-order valence-electron chi connectivity index (χ1n) is 6.19. The van der Waals surface area contributed by atoms with Crippen LogP contribution in [0.15, 0.2) is 17.0 Å². The van der Waals surface area contributed by atoms with Gasteiger partial charge in [0.15, 0.2) is 0 Å². The van der Waals surface area contributed by atoms with Crippen LogP contribution in [-0.4, -0.2) is 28.2 Å². The lowest BCUT2D eigenvalue weighted by Gasteiger charge is -2.13. The van der Waals surface area contributed by atoms with E-state index in [0.717, 1.165) is 6.42 Å². The minimum atomic E-state index is -3.71. The highest BCUT2D eigenvalue weighted by molar-refractivity contribution is 7.89. The summed E-state index contributed by atoms with van der Waals surface area (Å²) in [5.74, 6) is 0.191. The number of nitrogens with two attached hydrogens (primary N) is 1. The molecule has 0 bridgehead atoms. The van der Waals surface area contributed by atoms with E-state index in [1.807, 2.05) is 0 Å². The lowest BCUT2D eigenvalue weighted by molar-refractivity contribution is 0.186. The molecule has 20 heavy (non-hydrogen) atoms. The molecule has 2 rings (SSSR count). The summed E-state index contributed by atoms with van der Waals surface area (Å²) in [6, 6.07) is 2.89. The molecule has 0 aromatic heterocycles. The Morgan fingerprint density at radius 1 is 1.40 bits per heavy atom. The summed E-state index contributed by atoms with van der Waals surface area (Å²) >= 11 is 12.0. The molecule has 1 unspecified atom stereocenters. The van der Waals surface area contributed by atoms with Crippen LogP contribution >= 0.6 is 23.2 Å². The monoisotopic (exact) mass is 338 g/mol. The van der Waals surface area contributed by atoms with Gasteiger partial charge in [-0.1, -0.05) is 23.2 Å². The van der Waals surface area contributed by atoms with Crippen molar-refractivity contribution in [3.8, 4) is 0 Å². The molecule has 1 saturated heterocycles. The van der Waals surface area contributed by atoms with Crippen LogP contribution < -0.4 is 10.5 Å². The molecule has 1 heterocycles. The third-order valence-corrected chi connectivity index (χ3v) is 5.40. The van der Waals surface area contributed by atoms with E-state index >= 15 is 0 Å². The normalized spacial score (nSPS) is 19.4. The Morgan fingerprint density at radius 3 is 2.75 bits per heavy atom. The maximum atomic E-state index is 12.3. The van der Waals surface area contributed by atoms with Crippen molar-refractivity contribution in [2.75, 3.05) is 19.8 Å². The van der Waals surface area contributed by atoms with Gasteiger partial charge in [-0.3, -0.25) is 0 Å². The highest BCUT2D eigenvalue weighted by atomic mass is 35.5. The average molecular weight is 339 g/mol. The number of benzene rings is 1. The molecule has 1 fully saturated rings. The van der Waals surface area contributed by atoms with E-state index < -0.39 is 10.0 Å². The van der Waals surface area contributed by atoms with Gasteiger partial charge < -0.3 is 10.5 Å². The van der Waals surface area contributed by atoms with Crippen LogP contribution in [0.5, 0.6) is 0 Å². The molecule has 0 spiro atoms. The van der Waals surface area contributed by atoms with Crippen LogP contribution in [0.2, 0.25) is 10.0 Å². The third kappa shape index (κ3) is 3.63. The molecule has 0 amide bonds. The van der Waals surface area contributed by atoms with Crippen LogP contribution in [0.25, 0.3) is 0 Å². The van der Waals surface area contributed by atoms with Gasteiger partial charge in [0.05, 0.1) is 11.6 Å². The highest BCUT2D eigenvalue weighted by Crippen LogP contribution is 2.29. The number of nitrogens with one attached hydrogen (secondary N) is 1. The van der Waals surface area contributed by atoms with Crippen LogP contribution in [-0.2, 0) is 21.3 Å². The highest BCUT2D eigenvalue weighted by Gasteiger charge is 2.23. The summed E-state index contributed by atoms with van der Waals surface area (Å²) in [6.45, 7) is 1.68. The fourth-order valence-electron chi connectivity index (χ4n) is 2.01. The molecule has 5 nitrogen and oxygen atoms in total. The van der Waals surface area contributed by atoms with Crippen LogP contribution in [0.4, 0.5) is 0 Å². The summed E-state index contributed by atoms with van der Waals surface area (Å²) in [5.41, 5.74) is 6.03. The Balaban J connectivity index is 2.22. The van der Waals surface area contributed by atoms with Crippen molar-refractivity contribution < 1.29 is 13.2 Å². The summed E-state index contributed by atoms with van der Waals surface area (Å²) in [6.07, 6.45) is 0.847. The summed E-state index contributed by atoms with van der Waals surface area (Å²) < 4.78 is 32.3. The second-order valence-corrected chi connectivity index (χ2v) is 7.21. The molecule has 1 aromatic carbocycles. The smallest absolute Gasteiger partial charge is 0.242 e. The molecule has 1 aliphatic rings. The van der Waals surface area contributed by atoms with Crippen molar-refractivity contribution in [2.24, 2.45) is 11.7 Å². The zero-order chi connectivity index (χ0) is 14.8. The van der Waals surface area contributed by atoms with E-state index in [0.29, 0.717) is 30.3 Å². The average Bonchev–Trinajstić information content (AvgIpc) is 2.92. The van der Waals surface area contributed by atoms with Crippen molar-refractivity contribution >= 4 is 33.2 Å². The van der Waals surface area contributed by atoms with Crippen molar-refractivity contribution in [3.05, 3.63) is 27.7 Å². The molecule has 0 saturated carbocycles. The van der Waals surface area contributed by atoms with Gasteiger partial charge in [-0.15, -0.1) is 0 Å². The van der Waals surface area contributed by atoms with E-state index in [1.165, 1.54) is 6.07 Å². The topological polar surface area (TPSA) is 81.4 Å². The summed E-state index contributed by atoms with van der Waals surface area (Å²) in [4.78, 5) is -0.0361. The number of hydrogen-bond donors (Lipinski definition) is 2. The Hall–Kier alpha value is -0.370. The third-order valence-electron chi connectivity index (χ3n) is 3.17. The minimum Gasteiger partial charge on any atom is -0.381 e. The predicted octanol–water partition coefficient (Wildman–Crippen LogP) is 1.77. The Kier molecular flexibility index (Phi) is 5.28. The zero-order valence-corrected chi connectivity index (χ0v) is 13.1. The van der Waals surface area contributed by atoms with Gasteiger partial charge in [0.1, 0.15) is 4.90 Å². The number of hydrogen-bond acceptors (Lipinski definition) is 4. The Bertz CT molecular complexity index is 587. The number of ether oxygens (including phenoxy) is 1. The predicted molar refractivity (Wildman–Crippen MR) is 78.5 cm³/mol. The SMILES string of the molecule is NCc1cc(Cl)cc(S(=O)(=O)NCC2CCOC2)c1Cl. The second-order valence-electron chi connectivity index (χ2n) is 4.66. The minimum absolute atomic E-state index is 0.0361. The van der Waals surface area contributed by atoms with E-state index in [2.05, 4.69) is 4.72 Å². The standard InChI is InChI=1S/C12H16Cl2N2O3S/c13-10-3-9(5-15)12(14)11(4-10)20(17,18)16-6-8-1-2-19-7-8/h3-4,8,16H,1-2,5-7,15H2. The molecular formula is C12H16Cl2N2O3S. The molecule has 3 N–H and O–H groups in total. The fraction of sp³-hybridized carbons (Fsp3) is 0.500. The molecule has 8 heteroatoms. The zero-order valence-electron chi connectivity index (χ0n) is 10.7. The number of halogens is 2. The molecule has 0 radical (unpaired) electrons. The first-order valence-corrected chi connectivity index (χ1v) is 8.43. The first-order chi connectivity index (χ1) is 9.44. The molecule has 0 aliphatic carbocycles. The maximum Gasteiger partial charge on any atom is 0.242 e. The quantitative estimate of drug-likeness (QED) is 0.857. The van der Waals surface area contributed by atoms with Crippen LogP contribution in [0.1, 0.15) is 12.0 Å². The molecule has 1 aliphatic heterocycles. The van der Waals surface area contributed by atoms with E-state index in [-0.39, 0.29) is 22.4 Å². The van der Waals surface area contributed by atoms with Gasteiger partial charge in [0.2, 0.25) is 10.0 Å². The van der Waals surface area contributed by atoms with E-state index in [4.69, 9.17) is 33.7 Å². The van der Waals surface area contributed by atoms with Crippen molar-refractivity contribution in [1.29, 1.82) is 0 Å². The van der Waals surface area contributed by atoms with Gasteiger partial charge >= 0.3 is 0 Å². The Morgan fingerprint density at radius 2 is 2.15 bits per heavy atom. The van der Waals surface area contributed by atoms with Crippen molar-refractivity contribution in [3.63, 3.8) is 0 Å².